The maximum Gasteiger partial charge on any atom is 0.146 e. The molecule has 0 heterocycles. The third-order valence-corrected chi connectivity index (χ3v) is 9.02. The van der Waals surface area contributed by atoms with Gasteiger partial charge < -0.3 is 0 Å². The Morgan fingerprint density at radius 2 is 1.82 bits per heavy atom. The van der Waals surface area contributed by atoms with Crippen molar-refractivity contribution < 1.29 is 9.59 Å². The highest BCUT2D eigenvalue weighted by atomic mass is 79.9. The van der Waals surface area contributed by atoms with E-state index in [0.717, 1.165) is 43.9 Å². The van der Waals surface area contributed by atoms with Crippen LogP contribution in [0.25, 0.3) is 0 Å². The van der Waals surface area contributed by atoms with Crippen LogP contribution in [0.5, 0.6) is 0 Å². The monoisotopic (exact) mass is 366 g/mol. The van der Waals surface area contributed by atoms with E-state index >= 15 is 0 Å². The number of alkyl halides is 1. The summed E-state index contributed by atoms with van der Waals surface area (Å²) in [6.07, 6.45) is 8.44. The zero-order valence-electron chi connectivity index (χ0n) is 13.7. The lowest BCUT2D eigenvalue weighted by atomic mass is 9.45. The zero-order valence-corrected chi connectivity index (χ0v) is 15.3. The van der Waals surface area contributed by atoms with Crippen molar-refractivity contribution in [1.29, 1.82) is 0 Å². The van der Waals surface area contributed by atoms with Crippen molar-refractivity contribution in [3.05, 3.63) is 0 Å². The second-order valence-electron chi connectivity index (χ2n) is 8.92. The first-order valence-corrected chi connectivity index (χ1v) is 9.98. The summed E-state index contributed by atoms with van der Waals surface area (Å²) < 4.78 is 0. The topological polar surface area (TPSA) is 34.1 Å². The molecule has 3 heteroatoms. The molecule has 0 spiro atoms. The number of Topliss-reactive ketones (excluding diaryl/α,β-unsaturated/α-hetero) is 2. The third-order valence-electron chi connectivity index (χ3n) is 8.19. The molecule has 4 saturated carbocycles. The van der Waals surface area contributed by atoms with Crippen LogP contribution in [0, 0.1) is 34.5 Å². The number of halogens is 1. The molecule has 0 amide bonds. The first kappa shape index (κ1) is 15.4. The van der Waals surface area contributed by atoms with Crippen LogP contribution in [0.2, 0.25) is 0 Å². The van der Waals surface area contributed by atoms with Gasteiger partial charge >= 0.3 is 0 Å². The molecular weight excluding hydrogens is 340 g/mol. The molecule has 2 nitrogen and oxygen atoms in total. The van der Waals surface area contributed by atoms with Crippen LogP contribution in [0.1, 0.15) is 65.2 Å². The average Bonchev–Trinajstić information content (AvgIpc) is 2.77. The van der Waals surface area contributed by atoms with Gasteiger partial charge in [0.15, 0.2) is 0 Å². The Kier molecular flexibility index (Phi) is 3.43. The lowest BCUT2D eigenvalue weighted by molar-refractivity contribution is -0.143. The summed E-state index contributed by atoms with van der Waals surface area (Å²) in [7, 11) is 0. The Labute approximate surface area is 141 Å². The molecule has 122 valence electrons. The lowest BCUT2D eigenvalue weighted by Crippen LogP contribution is -2.55. The van der Waals surface area contributed by atoms with E-state index in [4.69, 9.17) is 0 Å². The minimum atomic E-state index is -0.0251. The van der Waals surface area contributed by atoms with Crippen LogP contribution in [0.3, 0.4) is 0 Å². The third kappa shape index (κ3) is 1.90. The summed E-state index contributed by atoms with van der Waals surface area (Å²) >= 11 is 3.64. The van der Waals surface area contributed by atoms with Crippen molar-refractivity contribution in [2.45, 2.75) is 70.0 Å². The quantitative estimate of drug-likeness (QED) is 0.589. The molecule has 4 aliphatic rings. The molecule has 0 aromatic carbocycles. The van der Waals surface area contributed by atoms with Gasteiger partial charge in [-0.15, -0.1) is 0 Å². The van der Waals surface area contributed by atoms with Gasteiger partial charge in [-0.1, -0.05) is 29.8 Å². The Morgan fingerprint density at radius 1 is 1.05 bits per heavy atom. The van der Waals surface area contributed by atoms with E-state index in [2.05, 4.69) is 29.8 Å². The molecule has 0 N–H and O–H groups in total. The largest absolute Gasteiger partial charge is 0.299 e. The summed E-state index contributed by atoms with van der Waals surface area (Å²) in [4.78, 5) is 24.6. The van der Waals surface area contributed by atoms with Gasteiger partial charge in [0.1, 0.15) is 11.6 Å². The first-order chi connectivity index (χ1) is 10.4. The van der Waals surface area contributed by atoms with Crippen LogP contribution in [0.4, 0.5) is 0 Å². The molecule has 4 rings (SSSR count). The van der Waals surface area contributed by atoms with E-state index in [1.165, 1.54) is 19.3 Å². The van der Waals surface area contributed by atoms with Crippen LogP contribution in [-0.2, 0) is 9.59 Å². The number of carbonyl (C=O) groups excluding carboxylic acids is 2. The lowest BCUT2D eigenvalue weighted by Gasteiger charge is -2.59. The van der Waals surface area contributed by atoms with Gasteiger partial charge in [0.2, 0.25) is 0 Å². The van der Waals surface area contributed by atoms with E-state index < -0.39 is 0 Å². The van der Waals surface area contributed by atoms with E-state index in [0.29, 0.717) is 28.8 Å². The number of ketones is 2. The number of hydrogen-bond donors (Lipinski definition) is 0. The van der Waals surface area contributed by atoms with Gasteiger partial charge in [-0.2, -0.15) is 0 Å². The molecule has 0 aromatic rings. The number of fused-ring (bicyclic) bond motifs is 5. The molecule has 0 aliphatic heterocycles. The van der Waals surface area contributed by atoms with Crippen LogP contribution >= 0.6 is 15.9 Å². The predicted molar refractivity (Wildman–Crippen MR) is 89.8 cm³/mol. The maximum absolute atomic E-state index is 12.4. The van der Waals surface area contributed by atoms with Crippen LogP contribution in [0.15, 0.2) is 0 Å². The van der Waals surface area contributed by atoms with Gasteiger partial charge in [-0.05, 0) is 67.6 Å². The zero-order chi connectivity index (χ0) is 15.7. The van der Waals surface area contributed by atoms with E-state index in [1.54, 1.807) is 0 Å². The first-order valence-electron chi connectivity index (χ1n) is 9.06. The SMILES string of the molecule is C[C@]12CC(Br)C(=O)C[C@@H]1CC[C@@H]1[C@@H]2CC[C@]2(C)C(=O)CC[C@@H]12. The van der Waals surface area contributed by atoms with Gasteiger partial charge in [-0.25, -0.2) is 0 Å². The minimum absolute atomic E-state index is 0.0251. The second-order valence-corrected chi connectivity index (χ2v) is 10.0. The Balaban J connectivity index is 1.66. The molecule has 0 aromatic heterocycles. The molecule has 1 unspecified atom stereocenters. The molecule has 0 saturated heterocycles. The second kappa shape index (κ2) is 4.91. The molecular formula is C19H27BrO2. The van der Waals surface area contributed by atoms with E-state index in [1.807, 2.05) is 0 Å². The highest BCUT2D eigenvalue weighted by molar-refractivity contribution is 9.10. The van der Waals surface area contributed by atoms with Crippen molar-refractivity contribution in [3.63, 3.8) is 0 Å². The fourth-order valence-electron chi connectivity index (χ4n) is 6.83. The van der Waals surface area contributed by atoms with Crippen molar-refractivity contribution in [3.8, 4) is 0 Å². The fraction of sp³-hybridized carbons (Fsp3) is 0.895. The molecule has 22 heavy (non-hydrogen) atoms. The standard InChI is InChI=1S/C19H27BrO2/c1-18-8-7-14-12(13(18)5-6-17(18)22)4-3-11-9-16(21)15(20)10-19(11,14)2/h11-15H,3-10H2,1-2H3/t11-,12-,13-,14-,15?,18-,19-/m0/s1. The summed E-state index contributed by atoms with van der Waals surface area (Å²) in [6, 6.07) is 0. The number of rotatable bonds is 0. The Hall–Kier alpha value is -0.180. The fourth-order valence-corrected chi connectivity index (χ4v) is 7.71. The molecule has 7 atom stereocenters. The van der Waals surface area contributed by atoms with Crippen molar-refractivity contribution in [2.75, 3.05) is 0 Å². The van der Waals surface area contributed by atoms with E-state index in [-0.39, 0.29) is 10.2 Å². The summed E-state index contributed by atoms with van der Waals surface area (Å²) in [6.45, 7) is 4.70. The highest BCUT2D eigenvalue weighted by Crippen LogP contribution is 2.65. The number of hydrogen-bond acceptors (Lipinski definition) is 2. The molecule has 0 bridgehead atoms. The molecule has 4 fully saturated rings. The van der Waals surface area contributed by atoms with Gasteiger partial charge in [-0.3, -0.25) is 9.59 Å². The van der Waals surface area contributed by atoms with Gasteiger partial charge in [0.05, 0.1) is 4.83 Å². The summed E-state index contributed by atoms with van der Waals surface area (Å²) in [5.74, 6) is 3.58. The van der Waals surface area contributed by atoms with Gasteiger partial charge in [0, 0.05) is 18.3 Å². The molecule has 0 radical (unpaired) electrons. The molecule has 4 aliphatic carbocycles. The predicted octanol–water partition coefficient (Wildman–Crippen LogP) is 4.54. The Morgan fingerprint density at radius 3 is 2.59 bits per heavy atom. The van der Waals surface area contributed by atoms with Crippen molar-refractivity contribution in [2.24, 2.45) is 34.5 Å². The highest BCUT2D eigenvalue weighted by Gasteiger charge is 2.60. The van der Waals surface area contributed by atoms with Crippen molar-refractivity contribution in [1.82, 2.24) is 0 Å². The summed E-state index contributed by atoms with van der Waals surface area (Å²) in [5, 5.41) is 0. The van der Waals surface area contributed by atoms with E-state index in [9.17, 15) is 9.59 Å². The van der Waals surface area contributed by atoms with Gasteiger partial charge in [0.25, 0.3) is 0 Å². The van der Waals surface area contributed by atoms with Crippen LogP contribution < -0.4 is 0 Å². The van der Waals surface area contributed by atoms with Crippen molar-refractivity contribution >= 4 is 27.5 Å². The Bertz CT molecular complexity index is 530. The van der Waals surface area contributed by atoms with Crippen LogP contribution in [-0.4, -0.2) is 16.4 Å². The smallest absolute Gasteiger partial charge is 0.146 e. The average molecular weight is 367 g/mol. The maximum atomic E-state index is 12.4. The number of carbonyl (C=O) groups is 2. The normalized spacial score (nSPS) is 54.6. The summed E-state index contributed by atoms with van der Waals surface area (Å²) in [5.41, 5.74) is 0.278. The minimum Gasteiger partial charge on any atom is -0.299 e.